The van der Waals surface area contributed by atoms with E-state index in [0.29, 0.717) is 5.54 Å². The Kier molecular flexibility index (Phi) is 13.2. The Bertz CT molecular complexity index is 1990. The van der Waals surface area contributed by atoms with Crippen molar-refractivity contribution < 1.29 is 0 Å². The summed E-state index contributed by atoms with van der Waals surface area (Å²) in [7, 11) is -15.1. The van der Waals surface area contributed by atoms with Crippen molar-refractivity contribution in [1.82, 2.24) is 0 Å². The number of hydrogen-bond acceptors (Lipinski definition) is 0. The van der Waals surface area contributed by atoms with E-state index in [1.54, 1.807) is 54.5 Å². The van der Waals surface area contributed by atoms with Crippen LogP contribution in [0.2, 0.25) is 123 Å². The highest BCUT2D eigenvalue weighted by atomic mass is 28.3. The van der Waals surface area contributed by atoms with E-state index in [0.717, 1.165) is 0 Å². The van der Waals surface area contributed by atoms with Crippen LogP contribution in [0.4, 0.5) is 0 Å². The van der Waals surface area contributed by atoms with Gasteiger partial charge in [-0.2, -0.15) is 0 Å². The third kappa shape index (κ3) is 8.19. The topological polar surface area (TPSA) is 0 Å². The van der Waals surface area contributed by atoms with Gasteiger partial charge < -0.3 is 0 Å². The van der Waals surface area contributed by atoms with Crippen molar-refractivity contribution in [3.63, 3.8) is 0 Å². The zero-order chi connectivity index (χ0) is 45.2. The molecule has 3 aromatic carbocycles. The molecule has 0 unspecified atom stereocenters. The Morgan fingerprint density at radius 2 is 0.500 bits per heavy atom. The molecule has 0 fully saturated rings. The van der Waals surface area contributed by atoms with Gasteiger partial charge in [-0.1, -0.05) is 178 Å². The molecule has 4 rings (SSSR count). The highest BCUT2D eigenvalue weighted by Gasteiger charge is 2.59. The second-order valence-electron chi connectivity index (χ2n) is 25.2. The molecule has 0 aromatic heterocycles. The highest BCUT2D eigenvalue weighted by Crippen LogP contribution is 2.47. The number of benzene rings is 3. The Hall–Kier alpha value is -1.34. The van der Waals surface area contributed by atoms with Crippen LogP contribution in [-0.2, 0) is 0 Å². The van der Waals surface area contributed by atoms with Gasteiger partial charge in [0.05, 0.1) is 48.4 Å². The van der Waals surface area contributed by atoms with E-state index in [1.807, 2.05) is 31.1 Å². The second-order valence-corrected chi connectivity index (χ2v) is 59.0. The Balaban J connectivity index is 2.96. The van der Waals surface area contributed by atoms with Crippen LogP contribution in [0.1, 0.15) is 61.1 Å². The smallest absolute Gasteiger partial charge is 0.0656 e. The van der Waals surface area contributed by atoms with Crippen LogP contribution in [0.15, 0.2) is 40.5 Å². The van der Waals surface area contributed by atoms with Gasteiger partial charge in [0.25, 0.3) is 0 Å². The van der Waals surface area contributed by atoms with Gasteiger partial charge in [-0.15, -0.1) is 0 Å². The van der Waals surface area contributed by atoms with Gasteiger partial charge in [0, 0.05) is 5.54 Å². The van der Waals surface area contributed by atoms with Gasteiger partial charge in [0.15, 0.2) is 8.07 Å². The molecule has 0 N–H and O–H groups in total. The fourth-order valence-corrected chi connectivity index (χ4v) is 39.8. The molecule has 0 heterocycles. The fraction of sp³-hybridized carbons (Fsp3) is 0.569. The molecule has 7 heteroatoms. The lowest BCUT2D eigenvalue weighted by Crippen LogP contribution is -2.90. The summed E-state index contributed by atoms with van der Waals surface area (Å²) in [5, 5.41) is 16.5. The maximum Gasteiger partial charge on any atom is 0.158 e. The van der Waals surface area contributed by atoms with Gasteiger partial charge >= 0.3 is 0 Å². The molecule has 0 saturated heterocycles. The molecule has 0 spiro atoms. The van der Waals surface area contributed by atoms with Crippen LogP contribution in [-0.4, -0.2) is 56.5 Å². The van der Waals surface area contributed by atoms with Crippen LogP contribution < -0.4 is 46.7 Å². The summed E-state index contributed by atoms with van der Waals surface area (Å²) in [6.07, 6.45) is 0. The number of allylic oxidation sites excluding steroid dienone is 4. The van der Waals surface area contributed by atoms with E-state index < -0.39 is 56.5 Å². The normalized spacial score (nSPS) is 15.7. The lowest BCUT2D eigenvalue weighted by molar-refractivity contribution is 1.09. The van der Waals surface area contributed by atoms with Crippen molar-refractivity contribution in [2.75, 3.05) is 0 Å². The molecular formula is C51H88Si7. The van der Waals surface area contributed by atoms with E-state index in [1.165, 1.54) is 16.7 Å². The van der Waals surface area contributed by atoms with Gasteiger partial charge in [0.1, 0.15) is 0 Å². The standard InChI is InChI=1S/C51H88Si7/c1-32-29-42(52(11,12)13)49(46(35(32)4)55(20,21)22)58(45-40(9)38(7)39(8)41(45)10,50-43(53(14,15)16)30-33(2)36(5)47(50)56(23,24)25)51-44(54(17,18)19)31-34(3)37(6)48(51)57(26,27)28/h29-31,45H,1-28H3. The predicted molar refractivity (Wildman–Crippen MR) is 291 cm³/mol. The van der Waals surface area contributed by atoms with Crippen molar-refractivity contribution in [1.29, 1.82) is 0 Å². The molecule has 1 aliphatic rings. The van der Waals surface area contributed by atoms with E-state index >= 15 is 0 Å². The minimum atomic E-state index is -3.20. The quantitative estimate of drug-likeness (QED) is 0.141. The van der Waals surface area contributed by atoms with Gasteiger partial charge in [-0.25, -0.2) is 0 Å². The minimum Gasteiger partial charge on any atom is -0.0656 e. The third-order valence-corrected chi connectivity index (χ3v) is 34.0. The van der Waals surface area contributed by atoms with Crippen molar-refractivity contribution in [2.24, 2.45) is 0 Å². The van der Waals surface area contributed by atoms with Crippen LogP contribution in [0.5, 0.6) is 0 Å². The van der Waals surface area contributed by atoms with Crippen LogP contribution >= 0.6 is 0 Å². The van der Waals surface area contributed by atoms with Crippen molar-refractivity contribution >= 4 is 103 Å². The SMILES string of the molecule is CC1=C(C)C([Si](c2c([Si](C)(C)C)cc(C)c(C)c2[Si](C)(C)C)(c2c([Si](C)(C)C)cc(C)c(C)c2[Si](C)(C)C)c2c([Si](C)(C)C)cc(C)c(C)c2[Si](C)(C)C)C(C)=C1C. The van der Waals surface area contributed by atoms with Gasteiger partial charge in [-0.05, 0) is 129 Å². The summed E-state index contributed by atoms with van der Waals surface area (Å²) in [4.78, 5) is 0. The highest BCUT2D eigenvalue weighted by molar-refractivity contribution is 7.25. The maximum atomic E-state index is 2.79. The summed E-state index contributed by atoms with van der Waals surface area (Å²) in [6.45, 7) is 73.9. The first-order valence-corrected chi connectivity index (χ1v) is 45.7. The maximum absolute atomic E-state index is 3.20. The first-order chi connectivity index (χ1) is 25.8. The van der Waals surface area contributed by atoms with E-state index in [4.69, 9.17) is 0 Å². The number of aryl methyl sites for hydroxylation is 3. The van der Waals surface area contributed by atoms with Crippen molar-refractivity contribution in [3.05, 3.63) is 73.9 Å². The Labute approximate surface area is 367 Å². The molecular weight excluding hydrogens is 809 g/mol. The number of rotatable bonds is 10. The molecule has 320 valence electrons. The zero-order valence-electron chi connectivity index (χ0n) is 43.3. The average Bonchev–Trinajstić information content (AvgIpc) is 3.20. The predicted octanol–water partition coefficient (Wildman–Crippen LogP) is 10.3. The molecule has 0 saturated carbocycles. The van der Waals surface area contributed by atoms with Gasteiger partial charge in [-0.3, -0.25) is 0 Å². The summed E-state index contributed by atoms with van der Waals surface area (Å²) >= 11 is 0. The first kappa shape index (κ1) is 49.3. The van der Waals surface area contributed by atoms with E-state index in [9.17, 15) is 0 Å². The molecule has 0 bridgehead atoms. The molecule has 0 radical (unpaired) electrons. The summed E-state index contributed by atoms with van der Waals surface area (Å²) in [5.74, 6) is 0. The van der Waals surface area contributed by atoms with E-state index in [2.05, 4.69) is 205 Å². The summed E-state index contributed by atoms with van der Waals surface area (Å²) in [6, 6.07) is 8.38. The Morgan fingerprint density at radius 1 is 0.293 bits per heavy atom. The van der Waals surface area contributed by atoms with Crippen LogP contribution in [0.25, 0.3) is 0 Å². The van der Waals surface area contributed by atoms with Crippen molar-refractivity contribution in [2.45, 2.75) is 193 Å². The largest absolute Gasteiger partial charge is 0.158 e. The molecule has 1 aliphatic carbocycles. The van der Waals surface area contributed by atoms with E-state index in [-0.39, 0.29) is 0 Å². The number of hydrogen-bond donors (Lipinski definition) is 0. The van der Waals surface area contributed by atoms with Crippen molar-refractivity contribution in [3.8, 4) is 0 Å². The Morgan fingerprint density at radius 3 is 0.672 bits per heavy atom. The third-order valence-electron chi connectivity index (χ3n) is 14.4. The molecule has 0 atom stereocenters. The molecule has 58 heavy (non-hydrogen) atoms. The minimum absolute atomic E-state index is 0.361. The first-order valence-electron chi connectivity index (χ1n) is 22.6. The molecule has 0 aliphatic heterocycles. The molecule has 0 amide bonds. The monoisotopic (exact) mass is 897 g/mol. The average molecular weight is 898 g/mol. The summed E-state index contributed by atoms with van der Waals surface area (Å²) < 4.78 is 0. The van der Waals surface area contributed by atoms with Crippen LogP contribution in [0.3, 0.4) is 0 Å². The fourth-order valence-electron chi connectivity index (χ4n) is 11.4. The second kappa shape index (κ2) is 15.5. The lowest BCUT2D eigenvalue weighted by Gasteiger charge is -2.53. The molecule has 3 aromatic rings. The van der Waals surface area contributed by atoms with Crippen LogP contribution in [0, 0.1) is 41.5 Å². The summed E-state index contributed by atoms with van der Waals surface area (Å²) in [5.41, 5.74) is 16.2. The zero-order valence-corrected chi connectivity index (χ0v) is 50.3. The molecule has 0 nitrogen and oxygen atoms in total. The lowest BCUT2D eigenvalue weighted by atomic mass is 10.1. The van der Waals surface area contributed by atoms with Gasteiger partial charge in [0.2, 0.25) is 0 Å².